The van der Waals surface area contributed by atoms with Gasteiger partial charge in [0.1, 0.15) is 0 Å². The van der Waals surface area contributed by atoms with E-state index in [-0.39, 0.29) is 78.3 Å². The van der Waals surface area contributed by atoms with Crippen molar-refractivity contribution in [3.8, 4) is 0 Å². The molecule has 2 unspecified atom stereocenters. The summed E-state index contributed by atoms with van der Waals surface area (Å²) < 4.78 is 15.8. The van der Waals surface area contributed by atoms with E-state index in [1.165, 1.54) is 0 Å². The molecule has 18 heavy (non-hydrogen) atoms. The summed E-state index contributed by atoms with van der Waals surface area (Å²) in [6, 6.07) is 0. The molecule has 2 saturated heterocycles. The van der Waals surface area contributed by atoms with Crippen molar-refractivity contribution in [3.63, 3.8) is 0 Å². The Bertz CT molecular complexity index is 169. The van der Waals surface area contributed by atoms with E-state index in [1.807, 2.05) is 6.82 Å². The predicted octanol–water partition coefficient (Wildman–Crippen LogP) is -1.25. The maximum absolute atomic E-state index is 8.25. The molecular formula is C12H27BKO4-. The topological polar surface area (TPSA) is 50.8 Å². The standard InChI is InChI=1S/C5H9BO3.C5H12.CH3O.CH3.K/c1-6-8-4-2-3-7-5(4)9-6;1-5(2,3)4;1-2;;/h4-5H,2-3H2,1H3;1-4H3;1H3;1H3;/q;;2*-1;+1. The van der Waals surface area contributed by atoms with Gasteiger partial charge in [0, 0.05) is 6.42 Å². The van der Waals surface area contributed by atoms with Gasteiger partial charge in [-0.05, 0) is 12.2 Å². The smallest absolute Gasteiger partial charge is 0.857 e. The van der Waals surface area contributed by atoms with Crippen LogP contribution in [0.5, 0.6) is 0 Å². The third-order valence-electron chi connectivity index (χ3n) is 1.68. The number of hydrogen-bond donors (Lipinski definition) is 0. The van der Waals surface area contributed by atoms with Gasteiger partial charge in [-0.25, -0.2) is 0 Å². The Morgan fingerprint density at radius 1 is 1.11 bits per heavy atom. The van der Waals surface area contributed by atoms with Crippen LogP contribution >= 0.6 is 0 Å². The molecule has 0 aliphatic carbocycles. The summed E-state index contributed by atoms with van der Waals surface area (Å²) in [7, 11) is 0.681. The molecule has 0 radical (unpaired) electrons. The van der Waals surface area contributed by atoms with E-state index in [0.717, 1.165) is 20.1 Å². The molecule has 0 N–H and O–H groups in total. The van der Waals surface area contributed by atoms with Gasteiger partial charge in [0.05, 0.1) is 12.7 Å². The van der Waals surface area contributed by atoms with Gasteiger partial charge in [-0.3, -0.25) is 0 Å². The Labute approximate surface area is 156 Å². The second-order valence-electron chi connectivity index (χ2n) is 5.41. The fourth-order valence-corrected chi connectivity index (χ4v) is 1.27. The normalized spacial score (nSPS) is 24.5. The van der Waals surface area contributed by atoms with Gasteiger partial charge in [-0.2, -0.15) is 7.11 Å². The van der Waals surface area contributed by atoms with Crippen LogP contribution in [-0.2, 0) is 14.0 Å². The molecule has 0 saturated carbocycles. The third-order valence-corrected chi connectivity index (χ3v) is 1.68. The zero-order chi connectivity index (χ0) is 12.8. The van der Waals surface area contributed by atoms with Crippen molar-refractivity contribution in [1.29, 1.82) is 0 Å². The van der Waals surface area contributed by atoms with E-state index in [4.69, 9.17) is 19.2 Å². The summed E-state index contributed by atoms with van der Waals surface area (Å²) in [6.45, 7) is 11.4. The van der Waals surface area contributed by atoms with Crippen molar-refractivity contribution in [3.05, 3.63) is 7.43 Å². The first-order valence-electron chi connectivity index (χ1n) is 5.69. The average Bonchev–Trinajstić information content (AvgIpc) is 2.64. The largest absolute Gasteiger partial charge is 1.00 e. The first kappa shape index (κ1) is 24.6. The molecular weight excluding hydrogens is 258 g/mol. The summed E-state index contributed by atoms with van der Waals surface area (Å²) in [6.07, 6.45) is 1.12. The second-order valence-corrected chi connectivity index (χ2v) is 5.41. The fraction of sp³-hybridized carbons (Fsp3) is 0.917. The van der Waals surface area contributed by atoms with Crippen molar-refractivity contribution in [2.75, 3.05) is 13.7 Å². The maximum Gasteiger partial charge on any atom is 1.00 e. The number of ether oxygens (including phenoxy) is 1. The first-order chi connectivity index (χ1) is 7.36. The Kier molecular flexibility index (Phi) is 16.8. The summed E-state index contributed by atoms with van der Waals surface area (Å²) in [5.41, 5.74) is 0.500. The molecule has 2 aliphatic heterocycles. The van der Waals surface area contributed by atoms with Crippen LogP contribution in [0.2, 0.25) is 6.82 Å². The molecule has 0 aromatic carbocycles. The summed E-state index contributed by atoms with van der Waals surface area (Å²) in [5.74, 6) is 0. The molecule has 4 nitrogen and oxygen atoms in total. The second kappa shape index (κ2) is 12.3. The van der Waals surface area contributed by atoms with Crippen LogP contribution in [0.1, 0.15) is 34.1 Å². The Balaban J connectivity index is -0.000000222. The monoisotopic (exact) mass is 285 g/mol. The SMILES string of the molecule is CB1OC2CCOC2O1.CC(C)(C)C.C[O-].[CH3-].[K+]. The van der Waals surface area contributed by atoms with Crippen LogP contribution in [0.3, 0.4) is 0 Å². The van der Waals surface area contributed by atoms with E-state index in [1.54, 1.807) is 0 Å². The minimum Gasteiger partial charge on any atom is -0.857 e. The van der Waals surface area contributed by atoms with E-state index in [2.05, 4.69) is 27.7 Å². The van der Waals surface area contributed by atoms with E-state index in [9.17, 15) is 0 Å². The molecule has 104 valence electrons. The average molecular weight is 285 g/mol. The first-order valence-corrected chi connectivity index (χ1v) is 5.69. The van der Waals surface area contributed by atoms with Gasteiger partial charge in [0.15, 0.2) is 6.29 Å². The van der Waals surface area contributed by atoms with E-state index < -0.39 is 0 Å². The van der Waals surface area contributed by atoms with Crippen LogP contribution in [0.15, 0.2) is 0 Å². The van der Waals surface area contributed by atoms with Gasteiger partial charge in [0.2, 0.25) is 0 Å². The summed E-state index contributed by atoms with van der Waals surface area (Å²) in [4.78, 5) is 0. The number of hydrogen-bond acceptors (Lipinski definition) is 4. The van der Waals surface area contributed by atoms with Crippen molar-refractivity contribution in [2.45, 2.75) is 53.3 Å². The van der Waals surface area contributed by atoms with E-state index >= 15 is 0 Å². The quantitative estimate of drug-likeness (QED) is 0.412. The summed E-state index contributed by atoms with van der Waals surface area (Å²) >= 11 is 0. The van der Waals surface area contributed by atoms with Crippen LogP contribution in [0, 0.1) is 12.8 Å². The summed E-state index contributed by atoms with van der Waals surface area (Å²) in [5, 5.41) is 8.25. The van der Waals surface area contributed by atoms with Crippen LogP contribution < -0.4 is 56.5 Å². The van der Waals surface area contributed by atoms with Gasteiger partial charge in [-0.15, -0.1) is 0 Å². The van der Waals surface area contributed by atoms with Crippen molar-refractivity contribution in [1.82, 2.24) is 0 Å². The molecule has 2 heterocycles. The molecule has 0 aromatic heterocycles. The van der Waals surface area contributed by atoms with E-state index in [0.29, 0.717) is 5.41 Å². The molecule has 0 bridgehead atoms. The molecule has 2 rings (SSSR count). The van der Waals surface area contributed by atoms with Crippen LogP contribution in [0.25, 0.3) is 0 Å². The van der Waals surface area contributed by atoms with Crippen LogP contribution in [-0.4, -0.2) is 33.2 Å². The molecule has 6 heteroatoms. The fourth-order valence-electron chi connectivity index (χ4n) is 1.27. The zero-order valence-electron chi connectivity index (χ0n) is 13.3. The van der Waals surface area contributed by atoms with Crippen LogP contribution in [0.4, 0.5) is 0 Å². The van der Waals surface area contributed by atoms with Gasteiger partial charge < -0.3 is 26.6 Å². The van der Waals surface area contributed by atoms with Crippen molar-refractivity contribution in [2.24, 2.45) is 5.41 Å². The van der Waals surface area contributed by atoms with Gasteiger partial charge in [0.25, 0.3) is 0 Å². The Hall–Kier alpha value is 1.54. The van der Waals surface area contributed by atoms with Crippen molar-refractivity contribution >= 4 is 7.12 Å². The van der Waals surface area contributed by atoms with Gasteiger partial charge in [-0.1, -0.05) is 27.7 Å². The Morgan fingerprint density at radius 3 is 1.94 bits per heavy atom. The molecule has 2 aliphatic rings. The minimum atomic E-state index is -0.0694. The zero-order valence-corrected chi connectivity index (χ0v) is 16.4. The molecule has 0 aromatic rings. The number of fused-ring (bicyclic) bond motifs is 1. The predicted molar refractivity (Wildman–Crippen MR) is 69.4 cm³/mol. The molecule has 2 atom stereocenters. The third kappa shape index (κ3) is 12.6. The minimum absolute atomic E-state index is 0. The van der Waals surface area contributed by atoms with Gasteiger partial charge >= 0.3 is 58.5 Å². The maximum atomic E-state index is 8.25. The van der Waals surface area contributed by atoms with Crippen molar-refractivity contribution < 1.29 is 70.5 Å². The Morgan fingerprint density at radius 2 is 1.56 bits per heavy atom. The number of rotatable bonds is 0. The molecule has 0 spiro atoms. The molecule has 2 fully saturated rings. The molecule has 0 amide bonds.